The van der Waals surface area contributed by atoms with E-state index in [1.807, 2.05) is 0 Å². The zero-order valence-corrected chi connectivity index (χ0v) is 27.8. The maximum absolute atomic E-state index is 12.4. The smallest absolute Gasteiger partial charge is 0.335 e. The molecule has 0 radical (unpaired) electrons. The van der Waals surface area contributed by atoms with Gasteiger partial charge >= 0.3 is 11.9 Å². The second-order valence-corrected chi connectivity index (χ2v) is 12.7. The molecule has 53 heavy (non-hydrogen) atoms. The van der Waals surface area contributed by atoms with Crippen LogP contribution in [-0.2, 0) is 52.3 Å². The molecule has 0 spiro atoms. The lowest BCUT2D eigenvalue weighted by Gasteiger charge is -2.49. The van der Waals surface area contributed by atoms with E-state index in [-0.39, 0.29) is 0 Å². The molecule has 2 amide bonds. The first-order valence-electron chi connectivity index (χ1n) is 16.1. The number of carbonyl (C=O) groups excluding carboxylic acids is 2. The lowest BCUT2D eigenvalue weighted by atomic mass is 9.94. The summed E-state index contributed by atoms with van der Waals surface area (Å²) in [5.41, 5.74) is 0. The Kier molecular flexibility index (Phi) is 14.4. The van der Waals surface area contributed by atoms with Gasteiger partial charge < -0.3 is 105 Å². The summed E-state index contributed by atoms with van der Waals surface area (Å²) in [6, 6.07) is -3.31. The number of amides is 2. The molecule has 0 bridgehead atoms. The summed E-state index contributed by atoms with van der Waals surface area (Å²) in [5, 5.41) is 129. The Balaban J connectivity index is 1.55. The zero-order valence-electron chi connectivity index (χ0n) is 27.8. The fourth-order valence-corrected chi connectivity index (χ4v) is 6.31. The van der Waals surface area contributed by atoms with Crippen molar-refractivity contribution in [3.8, 4) is 0 Å². The van der Waals surface area contributed by atoms with E-state index in [0.29, 0.717) is 0 Å². The van der Waals surface area contributed by atoms with Crippen molar-refractivity contribution >= 4 is 23.8 Å². The lowest BCUT2D eigenvalue weighted by molar-refractivity contribution is -0.371. The average molecular weight is 777 g/mol. The molecule has 14 N–H and O–H groups in total. The monoisotopic (exact) mass is 776 g/mol. The van der Waals surface area contributed by atoms with E-state index in [4.69, 9.17) is 33.2 Å². The third kappa shape index (κ3) is 9.19. The normalized spacial score (nSPS) is 46.3. The molecule has 4 heterocycles. The number of carbonyl (C=O) groups is 4. The highest BCUT2D eigenvalue weighted by molar-refractivity contribution is 5.74. The molecule has 25 heteroatoms. The van der Waals surface area contributed by atoms with Crippen LogP contribution in [0.5, 0.6) is 0 Å². The average Bonchev–Trinajstić information content (AvgIpc) is 3.08. The van der Waals surface area contributed by atoms with Gasteiger partial charge in [-0.05, 0) is 0 Å². The van der Waals surface area contributed by atoms with Crippen LogP contribution >= 0.6 is 0 Å². The molecule has 304 valence electrons. The van der Waals surface area contributed by atoms with E-state index in [1.165, 1.54) is 0 Å². The highest BCUT2D eigenvalue weighted by Gasteiger charge is 2.57. The van der Waals surface area contributed by atoms with Gasteiger partial charge in [-0.2, -0.15) is 0 Å². The number of ether oxygens (including phenoxy) is 7. The largest absolute Gasteiger partial charge is 0.479 e. The first-order chi connectivity index (χ1) is 24.8. The van der Waals surface area contributed by atoms with Crippen LogP contribution in [0, 0.1) is 0 Å². The molecular formula is C28H44N2O23. The van der Waals surface area contributed by atoms with E-state index in [1.54, 1.807) is 0 Å². The predicted molar refractivity (Wildman–Crippen MR) is 158 cm³/mol. The molecule has 0 unspecified atom stereocenters. The van der Waals surface area contributed by atoms with Gasteiger partial charge in [0, 0.05) is 13.8 Å². The molecule has 4 fully saturated rings. The standard InChI is InChI=1S/C28H44N2O23/c1-5(33)29-9-11(35)18(7(3-31)47-25(9)46)49-28-17(41)15(39)20(22(53-28)24(44)45)51-26-10(30-6(2)34)12(36)19(8(4-32)48-26)50-27-16(40)13(37)14(38)21(52-27)23(42)43/h7-22,25-28,31-32,35-41,46H,3-4H2,1-2H3,(H,29,33)(H,30,34)(H,42,43)(H,44,45)/t7-,8-,9-,10-,11-,12-,13+,14+,15-,16-,17-,18-,19-,20+,21+,22-,25+,26-,27-,28-/m1/s1. The van der Waals surface area contributed by atoms with E-state index < -0.39 is 160 Å². The highest BCUT2D eigenvalue weighted by Crippen LogP contribution is 2.34. The van der Waals surface area contributed by atoms with Crippen LogP contribution in [0.4, 0.5) is 0 Å². The summed E-state index contributed by atoms with van der Waals surface area (Å²) in [5.74, 6) is -5.18. The first kappa shape index (κ1) is 42.9. The van der Waals surface area contributed by atoms with Gasteiger partial charge in [0.25, 0.3) is 0 Å². The number of aliphatic hydroxyl groups excluding tert-OH is 10. The van der Waals surface area contributed by atoms with Gasteiger partial charge in [-0.1, -0.05) is 0 Å². The molecule has 0 aromatic carbocycles. The van der Waals surface area contributed by atoms with Crippen LogP contribution in [0.15, 0.2) is 0 Å². The summed E-state index contributed by atoms with van der Waals surface area (Å²) in [6.45, 7) is 0.0908. The molecule has 0 aliphatic carbocycles. The zero-order chi connectivity index (χ0) is 39.6. The second kappa shape index (κ2) is 17.8. The van der Waals surface area contributed by atoms with Crippen LogP contribution < -0.4 is 10.6 Å². The van der Waals surface area contributed by atoms with E-state index >= 15 is 0 Å². The minimum atomic E-state index is -2.27. The predicted octanol–water partition coefficient (Wildman–Crippen LogP) is -9.28. The van der Waals surface area contributed by atoms with Gasteiger partial charge in [-0.25, -0.2) is 9.59 Å². The van der Waals surface area contributed by atoms with Gasteiger partial charge in [0.2, 0.25) is 11.8 Å². The fourth-order valence-electron chi connectivity index (χ4n) is 6.31. The Labute approximate surface area is 298 Å². The third-order valence-electron chi connectivity index (χ3n) is 8.94. The first-order valence-corrected chi connectivity index (χ1v) is 16.1. The molecule has 25 nitrogen and oxygen atoms in total. The quantitative estimate of drug-likeness (QED) is 0.0875. The summed E-state index contributed by atoms with van der Waals surface area (Å²) in [6.07, 6.45) is -36.1. The SMILES string of the molecule is CC(=O)N[C@@H]1[C@@H](O)[C@H](O[C@@H]2O[C@@H](C(=O)O)[C@@H](O[C@H]3O[C@H](CO)[C@@H](O[C@@H]4O[C@H](C(=O)O)[C@@H](O)[C@H](O)[C@H]4O)[C@H](O)[C@H]3NC(C)=O)[C@H](O)[C@H]2O)[C@@H](CO)O[C@@H]1O. The van der Waals surface area contributed by atoms with Gasteiger partial charge in [0.05, 0.1) is 13.2 Å². The van der Waals surface area contributed by atoms with Crippen molar-refractivity contribution in [2.24, 2.45) is 0 Å². The molecule has 20 atom stereocenters. The number of rotatable bonds is 12. The Bertz CT molecular complexity index is 1300. The number of carboxylic acid groups (broad SMARTS) is 2. The molecule has 0 aromatic rings. The number of hydrogen-bond donors (Lipinski definition) is 14. The van der Waals surface area contributed by atoms with Gasteiger partial charge in [-0.3, -0.25) is 9.59 Å². The van der Waals surface area contributed by atoms with Crippen molar-refractivity contribution in [3.05, 3.63) is 0 Å². The van der Waals surface area contributed by atoms with Crippen LogP contribution in [0.3, 0.4) is 0 Å². The van der Waals surface area contributed by atoms with Crippen molar-refractivity contribution in [1.82, 2.24) is 10.6 Å². The molecule has 0 saturated carbocycles. The molecule has 0 aromatic heterocycles. The lowest BCUT2D eigenvalue weighted by Crippen LogP contribution is -2.70. The molecule has 4 aliphatic heterocycles. The van der Waals surface area contributed by atoms with Crippen molar-refractivity contribution in [2.75, 3.05) is 13.2 Å². The van der Waals surface area contributed by atoms with Crippen molar-refractivity contribution < 1.29 is 114 Å². The van der Waals surface area contributed by atoms with Crippen LogP contribution in [-0.4, -0.2) is 221 Å². The van der Waals surface area contributed by atoms with Crippen molar-refractivity contribution in [1.29, 1.82) is 0 Å². The van der Waals surface area contributed by atoms with Crippen LogP contribution in [0.1, 0.15) is 13.8 Å². The minimum Gasteiger partial charge on any atom is -0.479 e. The summed E-state index contributed by atoms with van der Waals surface area (Å²) in [7, 11) is 0. The van der Waals surface area contributed by atoms with Gasteiger partial charge in [0.1, 0.15) is 85.3 Å². The maximum Gasteiger partial charge on any atom is 0.335 e. The molecular weight excluding hydrogens is 732 g/mol. The Morgan fingerprint density at radius 3 is 1.43 bits per heavy atom. The van der Waals surface area contributed by atoms with Gasteiger partial charge in [0.15, 0.2) is 37.4 Å². The molecule has 4 rings (SSSR count). The number of aliphatic carboxylic acids is 2. The minimum absolute atomic E-state index is 0.715. The number of hydrogen-bond acceptors (Lipinski definition) is 21. The van der Waals surface area contributed by atoms with E-state index in [2.05, 4.69) is 10.6 Å². The maximum atomic E-state index is 12.4. The van der Waals surface area contributed by atoms with Gasteiger partial charge in [-0.15, -0.1) is 0 Å². The number of aliphatic hydroxyl groups is 10. The van der Waals surface area contributed by atoms with E-state index in [9.17, 15) is 80.5 Å². The Morgan fingerprint density at radius 1 is 0.509 bits per heavy atom. The van der Waals surface area contributed by atoms with Crippen LogP contribution in [0.2, 0.25) is 0 Å². The molecule has 4 saturated heterocycles. The van der Waals surface area contributed by atoms with Crippen molar-refractivity contribution in [2.45, 2.75) is 137 Å². The third-order valence-corrected chi connectivity index (χ3v) is 8.94. The fraction of sp³-hybridized carbons (Fsp3) is 0.857. The Hall–Kier alpha value is -2.80. The Morgan fingerprint density at radius 2 is 0.943 bits per heavy atom. The topological polar surface area (TPSA) is 400 Å². The number of nitrogens with one attached hydrogen (secondary N) is 2. The highest BCUT2D eigenvalue weighted by atomic mass is 16.8. The second-order valence-electron chi connectivity index (χ2n) is 12.7. The summed E-state index contributed by atoms with van der Waals surface area (Å²) in [4.78, 5) is 47.7. The van der Waals surface area contributed by atoms with Crippen molar-refractivity contribution in [3.63, 3.8) is 0 Å². The van der Waals surface area contributed by atoms with E-state index in [0.717, 1.165) is 13.8 Å². The number of carboxylic acids is 2. The molecule has 4 aliphatic rings. The van der Waals surface area contributed by atoms with Crippen LogP contribution in [0.25, 0.3) is 0 Å². The summed E-state index contributed by atoms with van der Waals surface area (Å²) >= 11 is 0. The summed E-state index contributed by atoms with van der Waals surface area (Å²) < 4.78 is 38.0.